The summed E-state index contributed by atoms with van der Waals surface area (Å²) in [5.41, 5.74) is 3.49. The van der Waals surface area contributed by atoms with Gasteiger partial charge < -0.3 is 9.73 Å². The van der Waals surface area contributed by atoms with Crippen molar-refractivity contribution in [3.05, 3.63) is 98.7 Å². The van der Waals surface area contributed by atoms with Crippen molar-refractivity contribution in [2.24, 2.45) is 0 Å². The van der Waals surface area contributed by atoms with E-state index in [0.29, 0.717) is 27.7 Å². The normalized spacial score (nSPS) is 11.0. The Balaban J connectivity index is 1.58. The number of aromatic amines is 1. The van der Waals surface area contributed by atoms with Gasteiger partial charge in [0.05, 0.1) is 22.5 Å². The van der Waals surface area contributed by atoms with Crippen molar-refractivity contribution in [2.75, 3.05) is 5.32 Å². The molecule has 0 aliphatic rings. The average molecular weight is 519 g/mol. The Bertz CT molecular complexity index is 1610. The molecule has 2 heterocycles. The highest BCUT2D eigenvalue weighted by Gasteiger charge is 2.21. The van der Waals surface area contributed by atoms with Gasteiger partial charge in [-0.15, -0.1) is 5.10 Å². The Kier molecular flexibility index (Phi) is 5.54. The van der Waals surface area contributed by atoms with E-state index in [-0.39, 0.29) is 17.1 Å². The van der Waals surface area contributed by atoms with E-state index in [1.165, 1.54) is 12.1 Å². The summed E-state index contributed by atoms with van der Waals surface area (Å²) in [5, 5.41) is 9.12. The van der Waals surface area contributed by atoms with E-state index in [1.54, 1.807) is 0 Å². The molecule has 0 fully saturated rings. The van der Waals surface area contributed by atoms with Crippen LogP contribution in [-0.4, -0.2) is 21.1 Å². The highest BCUT2D eigenvalue weighted by molar-refractivity contribution is 9.10. The Labute approximate surface area is 200 Å². The maximum atomic E-state index is 14.8. The van der Waals surface area contributed by atoms with Crippen LogP contribution in [0.5, 0.6) is 0 Å². The number of pyridine rings is 1. The Hall–Kier alpha value is -4.11. The third kappa shape index (κ3) is 4.01. The van der Waals surface area contributed by atoms with Crippen molar-refractivity contribution in [3.8, 4) is 22.7 Å². The zero-order valence-electron chi connectivity index (χ0n) is 17.7. The number of halogens is 2. The van der Waals surface area contributed by atoms with E-state index in [1.807, 2.05) is 55.5 Å². The van der Waals surface area contributed by atoms with Crippen LogP contribution in [0.4, 0.5) is 10.1 Å². The molecule has 0 aliphatic carbocycles. The van der Waals surface area contributed by atoms with Crippen LogP contribution in [0.3, 0.4) is 0 Å². The van der Waals surface area contributed by atoms with Gasteiger partial charge in [-0.25, -0.2) is 19.3 Å². The predicted octanol–water partition coefficient (Wildman–Crippen LogP) is 5.71. The van der Waals surface area contributed by atoms with E-state index in [2.05, 4.69) is 31.4 Å². The summed E-state index contributed by atoms with van der Waals surface area (Å²) in [6.45, 7) is 1.82. The summed E-state index contributed by atoms with van der Waals surface area (Å²) in [4.78, 5) is 29.4. The molecule has 0 bridgehead atoms. The molecule has 0 unspecified atom stereocenters. The van der Waals surface area contributed by atoms with Gasteiger partial charge in [0, 0.05) is 21.0 Å². The first-order valence-electron chi connectivity index (χ1n) is 10.2. The van der Waals surface area contributed by atoms with Crippen LogP contribution >= 0.6 is 15.9 Å². The number of fused-ring (bicyclic) bond motifs is 1. The summed E-state index contributed by atoms with van der Waals surface area (Å²) in [6.07, 6.45) is 0. The maximum absolute atomic E-state index is 14.8. The monoisotopic (exact) mass is 518 g/mol. The molecule has 34 heavy (non-hydrogen) atoms. The van der Waals surface area contributed by atoms with Crippen LogP contribution in [0.25, 0.3) is 33.6 Å². The van der Waals surface area contributed by atoms with Crippen molar-refractivity contribution in [2.45, 2.75) is 6.92 Å². The molecule has 0 spiro atoms. The van der Waals surface area contributed by atoms with Crippen LogP contribution in [0.2, 0.25) is 0 Å². The van der Waals surface area contributed by atoms with Crippen LogP contribution in [0.15, 0.2) is 80.4 Å². The molecule has 0 atom stereocenters. The van der Waals surface area contributed by atoms with Gasteiger partial charge in [0.15, 0.2) is 0 Å². The number of nitrogens with zero attached hydrogens (tertiary/aromatic N) is 2. The number of aromatic nitrogens is 3. The minimum Gasteiger partial charge on any atom is -0.388 e. The van der Waals surface area contributed by atoms with Crippen LogP contribution < -0.4 is 11.1 Å². The van der Waals surface area contributed by atoms with Crippen LogP contribution in [0, 0.1) is 12.7 Å². The number of nitrogens with one attached hydrogen (secondary N) is 2. The number of rotatable bonds is 4. The lowest BCUT2D eigenvalue weighted by molar-refractivity contribution is 0.102. The number of H-pyrrole nitrogens is 1. The molecule has 9 heteroatoms. The molecule has 5 rings (SSSR count). The van der Waals surface area contributed by atoms with Crippen molar-refractivity contribution < 1.29 is 13.6 Å². The molecule has 0 aliphatic heterocycles. The summed E-state index contributed by atoms with van der Waals surface area (Å²) >= 11 is 3.45. The number of anilines is 1. The first-order valence-corrected chi connectivity index (χ1v) is 11.0. The number of carbonyl (C=O) groups is 1. The van der Waals surface area contributed by atoms with E-state index in [0.717, 1.165) is 16.1 Å². The third-order valence-electron chi connectivity index (χ3n) is 5.37. The van der Waals surface area contributed by atoms with Gasteiger partial charge in [-0.1, -0.05) is 46.3 Å². The van der Waals surface area contributed by atoms with Gasteiger partial charge in [0.25, 0.3) is 5.91 Å². The van der Waals surface area contributed by atoms with Gasteiger partial charge in [-0.2, -0.15) is 0 Å². The Morgan fingerprint density at radius 3 is 2.56 bits per heavy atom. The maximum Gasteiger partial charge on any atom is 0.434 e. The molecular formula is C25H16BrFN4O3. The predicted molar refractivity (Wildman–Crippen MR) is 130 cm³/mol. The first kappa shape index (κ1) is 21.7. The zero-order chi connectivity index (χ0) is 23.8. The number of hydrogen-bond acceptors (Lipinski definition) is 5. The van der Waals surface area contributed by atoms with Gasteiger partial charge >= 0.3 is 5.76 Å². The highest BCUT2D eigenvalue weighted by atomic mass is 79.9. The smallest absolute Gasteiger partial charge is 0.388 e. The molecule has 0 saturated heterocycles. The SMILES string of the molecule is Cc1c(-c2ccccc2)nc2ccc(Br)cc2c1C(=O)Nc1ccc(-c2n[nH]c(=O)o2)cc1F. The summed E-state index contributed by atoms with van der Waals surface area (Å²) < 4.78 is 20.5. The summed E-state index contributed by atoms with van der Waals surface area (Å²) in [7, 11) is 0. The summed E-state index contributed by atoms with van der Waals surface area (Å²) in [5.74, 6) is -1.96. The molecule has 168 valence electrons. The lowest BCUT2D eigenvalue weighted by atomic mass is 9.97. The van der Waals surface area contributed by atoms with Crippen molar-refractivity contribution in [3.63, 3.8) is 0 Å². The number of benzene rings is 3. The van der Waals surface area contributed by atoms with E-state index < -0.39 is 17.5 Å². The third-order valence-corrected chi connectivity index (χ3v) is 5.86. The number of carbonyl (C=O) groups excluding carboxylic acids is 1. The second kappa shape index (κ2) is 8.68. The standard InChI is InChI=1S/C25H16BrFN4O3/c1-13-21(17-12-16(26)8-10-19(17)28-22(13)14-5-3-2-4-6-14)23(32)29-20-9-7-15(11-18(20)27)24-30-31-25(33)34-24/h2-12H,1H3,(H,29,32)(H,31,33). The molecule has 2 aromatic heterocycles. The minimum atomic E-state index is -0.742. The minimum absolute atomic E-state index is 0.0211. The fraction of sp³-hybridized carbons (Fsp3) is 0.0400. The quantitative estimate of drug-likeness (QED) is 0.317. The van der Waals surface area contributed by atoms with Gasteiger partial charge in [-0.3, -0.25) is 4.79 Å². The molecule has 1 amide bonds. The van der Waals surface area contributed by atoms with Crippen LogP contribution in [-0.2, 0) is 0 Å². The topological polar surface area (TPSA) is 101 Å². The van der Waals surface area contributed by atoms with Crippen molar-refractivity contribution in [1.82, 2.24) is 15.2 Å². The average Bonchev–Trinajstić information content (AvgIpc) is 3.26. The van der Waals surface area contributed by atoms with Gasteiger partial charge in [0.1, 0.15) is 5.82 Å². The largest absolute Gasteiger partial charge is 0.434 e. The Morgan fingerprint density at radius 2 is 1.85 bits per heavy atom. The Morgan fingerprint density at radius 1 is 1.06 bits per heavy atom. The van der Waals surface area contributed by atoms with Crippen molar-refractivity contribution in [1.29, 1.82) is 0 Å². The van der Waals surface area contributed by atoms with E-state index in [9.17, 15) is 14.0 Å². The molecular weight excluding hydrogens is 503 g/mol. The number of hydrogen-bond donors (Lipinski definition) is 2. The second-order valence-electron chi connectivity index (χ2n) is 7.55. The zero-order valence-corrected chi connectivity index (χ0v) is 19.3. The molecule has 7 nitrogen and oxygen atoms in total. The van der Waals surface area contributed by atoms with E-state index in [4.69, 9.17) is 9.40 Å². The van der Waals surface area contributed by atoms with Gasteiger partial charge in [0.2, 0.25) is 5.89 Å². The molecule has 0 radical (unpaired) electrons. The lowest BCUT2D eigenvalue weighted by Crippen LogP contribution is -2.16. The molecule has 2 N–H and O–H groups in total. The molecule has 5 aromatic rings. The van der Waals surface area contributed by atoms with Crippen LogP contribution in [0.1, 0.15) is 15.9 Å². The van der Waals surface area contributed by atoms with Gasteiger partial charge in [-0.05, 0) is 48.9 Å². The molecule has 0 saturated carbocycles. The highest BCUT2D eigenvalue weighted by Crippen LogP contribution is 2.32. The fourth-order valence-corrected chi connectivity index (χ4v) is 4.15. The molecule has 3 aromatic carbocycles. The summed E-state index contributed by atoms with van der Waals surface area (Å²) in [6, 6.07) is 19.1. The first-order chi connectivity index (χ1) is 16.4. The number of amides is 1. The lowest BCUT2D eigenvalue weighted by Gasteiger charge is -2.15. The van der Waals surface area contributed by atoms with E-state index >= 15 is 0 Å². The second-order valence-corrected chi connectivity index (χ2v) is 8.47. The fourth-order valence-electron chi connectivity index (χ4n) is 3.79. The van der Waals surface area contributed by atoms with Crippen molar-refractivity contribution >= 4 is 38.4 Å².